The van der Waals surface area contributed by atoms with Crippen LogP contribution in [-0.4, -0.2) is 23.5 Å². The van der Waals surface area contributed by atoms with Gasteiger partial charge in [-0.05, 0) is 24.3 Å². The first-order valence-corrected chi connectivity index (χ1v) is 8.62. The van der Waals surface area contributed by atoms with Crippen molar-refractivity contribution in [2.75, 3.05) is 7.11 Å². The Morgan fingerprint density at radius 1 is 1.33 bits per heavy atom. The molecule has 1 amide bonds. The van der Waals surface area contributed by atoms with E-state index in [1.54, 1.807) is 13.2 Å². The molecule has 0 radical (unpaired) electrons. The zero-order chi connectivity index (χ0) is 15.3. The third-order valence-electron chi connectivity index (χ3n) is 4.09. The zero-order valence-corrected chi connectivity index (χ0v) is 13.9. The van der Waals surface area contributed by atoms with Crippen LogP contribution >= 0.6 is 23.6 Å². The molecule has 2 rings (SSSR count). The lowest BCUT2D eigenvalue weighted by Crippen LogP contribution is -2.56. The second-order valence-corrected chi connectivity index (χ2v) is 6.84. The van der Waals surface area contributed by atoms with Crippen LogP contribution in [0, 0.1) is 0 Å². The van der Waals surface area contributed by atoms with Gasteiger partial charge >= 0.3 is 0 Å². The number of amides is 1. The molecule has 0 unspecified atom stereocenters. The Labute approximate surface area is 135 Å². The van der Waals surface area contributed by atoms with Crippen molar-refractivity contribution in [3.05, 3.63) is 16.3 Å². The van der Waals surface area contributed by atoms with Crippen LogP contribution in [0.3, 0.4) is 0 Å². The highest BCUT2D eigenvalue weighted by Gasteiger charge is 2.36. The van der Waals surface area contributed by atoms with E-state index in [1.165, 1.54) is 30.6 Å². The number of carbonyl (C=O) groups excluding carboxylic acids is 1. The molecule has 1 aromatic heterocycles. The predicted octanol–water partition coefficient (Wildman–Crippen LogP) is 3.26. The van der Waals surface area contributed by atoms with Crippen LogP contribution in [0.4, 0.5) is 0 Å². The quantitative estimate of drug-likeness (QED) is 0.834. The molecule has 0 aromatic carbocycles. The SMILES string of the molecule is COc1ccsc1C(=O)NC1(C(N)=S)CCCCCCC1. The van der Waals surface area contributed by atoms with Gasteiger partial charge in [0.2, 0.25) is 0 Å². The minimum atomic E-state index is -0.554. The molecule has 0 bridgehead atoms. The van der Waals surface area contributed by atoms with E-state index in [1.807, 2.05) is 5.38 Å². The van der Waals surface area contributed by atoms with Crippen molar-refractivity contribution >= 4 is 34.5 Å². The summed E-state index contributed by atoms with van der Waals surface area (Å²) in [5.41, 5.74) is 5.43. The summed E-state index contributed by atoms with van der Waals surface area (Å²) in [6.07, 6.45) is 7.31. The van der Waals surface area contributed by atoms with Crippen molar-refractivity contribution in [2.24, 2.45) is 5.73 Å². The van der Waals surface area contributed by atoms with E-state index in [9.17, 15) is 4.79 Å². The van der Waals surface area contributed by atoms with Crippen molar-refractivity contribution in [1.82, 2.24) is 5.32 Å². The molecule has 0 spiro atoms. The molecular formula is C15H22N2O2S2. The van der Waals surface area contributed by atoms with Crippen LogP contribution in [-0.2, 0) is 0 Å². The third kappa shape index (κ3) is 3.74. The Bertz CT molecular complexity index is 506. The first kappa shape index (κ1) is 16.2. The van der Waals surface area contributed by atoms with Gasteiger partial charge in [0, 0.05) is 0 Å². The van der Waals surface area contributed by atoms with Gasteiger partial charge in [0.15, 0.2) is 0 Å². The molecule has 1 heterocycles. The van der Waals surface area contributed by atoms with Gasteiger partial charge < -0.3 is 15.8 Å². The molecule has 0 aliphatic heterocycles. The van der Waals surface area contributed by atoms with E-state index in [0.29, 0.717) is 15.6 Å². The largest absolute Gasteiger partial charge is 0.495 e. The molecule has 21 heavy (non-hydrogen) atoms. The summed E-state index contributed by atoms with van der Waals surface area (Å²) < 4.78 is 5.22. The predicted molar refractivity (Wildman–Crippen MR) is 90.2 cm³/mol. The fourth-order valence-electron chi connectivity index (χ4n) is 2.84. The Kier molecular flexibility index (Phi) is 5.58. The average Bonchev–Trinajstić information content (AvgIpc) is 2.90. The summed E-state index contributed by atoms with van der Waals surface area (Å²) in [6.45, 7) is 0. The van der Waals surface area contributed by atoms with Gasteiger partial charge in [0.1, 0.15) is 10.6 Å². The Balaban J connectivity index is 2.18. The fourth-order valence-corrected chi connectivity index (χ4v) is 3.85. The molecule has 3 N–H and O–H groups in total. The molecule has 4 nitrogen and oxygen atoms in total. The number of carbonyl (C=O) groups is 1. The maximum absolute atomic E-state index is 12.6. The average molecular weight is 326 g/mol. The smallest absolute Gasteiger partial charge is 0.265 e. The second kappa shape index (κ2) is 7.22. The topological polar surface area (TPSA) is 64.3 Å². The van der Waals surface area contributed by atoms with Crippen LogP contribution in [0.25, 0.3) is 0 Å². The molecule has 0 atom stereocenters. The monoisotopic (exact) mass is 326 g/mol. The number of thiocarbonyl (C=S) groups is 1. The third-order valence-corrected chi connectivity index (χ3v) is 5.37. The number of ether oxygens (including phenoxy) is 1. The Morgan fingerprint density at radius 3 is 2.52 bits per heavy atom. The van der Waals surface area contributed by atoms with E-state index in [2.05, 4.69) is 5.32 Å². The highest BCUT2D eigenvalue weighted by atomic mass is 32.1. The normalized spacial score (nSPS) is 18.3. The van der Waals surface area contributed by atoms with Crippen LogP contribution in [0.5, 0.6) is 5.75 Å². The Hall–Kier alpha value is -1.14. The number of methoxy groups -OCH3 is 1. The minimum absolute atomic E-state index is 0.143. The van der Waals surface area contributed by atoms with Gasteiger partial charge in [-0.2, -0.15) is 0 Å². The molecule has 1 saturated carbocycles. The Morgan fingerprint density at radius 2 is 1.95 bits per heavy atom. The summed E-state index contributed by atoms with van der Waals surface area (Å²) in [4.78, 5) is 13.5. The van der Waals surface area contributed by atoms with Crippen LogP contribution in [0.15, 0.2) is 11.4 Å². The maximum atomic E-state index is 12.6. The van der Waals surface area contributed by atoms with Gasteiger partial charge in [-0.3, -0.25) is 4.79 Å². The summed E-state index contributed by atoms with van der Waals surface area (Å²) in [5.74, 6) is 0.455. The first-order valence-electron chi connectivity index (χ1n) is 7.33. The molecule has 0 saturated heterocycles. The summed E-state index contributed by atoms with van der Waals surface area (Å²) in [6, 6.07) is 1.80. The minimum Gasteiger partial charge on any atom is -0.495 e. The molecular weight excluding hydrogens is 304 g/mol. The van der Waals surface area contributed by atoms with Gasteiger partial charge in [0.25, 0.3) is 5.91 Å². The molecule has 116 valence electrons. The highest BCUT2D eigenvalue weighted by molar-refractivity contribution is 7.80. The van der Waals surface area contributed by atoms with E-state index >= 15 is 0 Å². The molecule has 6 heteroatoms. The summed E-state index contributed by atoms with van der Waals surface area (Å²) in [7, 11) is 1.57. The molecule has 1 aliphatic carbocycles. The van der Waals surface area contributed by atoms with E-state index < -0.39 is 5.54 Å². The van der Waals surface area contributed by atoms with Gasteiger partial charge in [0.05, 0.1) is 17.6 Å². The number of hydrogen-bond acceptors (Lipinski definition) is 4. The van der Waals surface area contributed by atoms with Crippen LogP contribution < -0.4 is 15.8 Å². The lowest BCUT2D eigenvalue weighted by Gasteiger charge is -2.35. The number of thiophene rings is 1. The van der Waals surface area contributed by atoms with E-state index in [4.69, 9.17) is 22.7 Å². The lowest BCUT2D eigenvalue weighted by molar-refractivity contribution is 0.0914. The van der Waals surface area contributed by atoms with Crippen molar-refractivity contribution in [2.45, 2.75) is 50.5 Å². The lowest BCUT2D eigenvalue weighted by atomic mass is 9.83. The van der Waals surface area contributed by atoms with E-state index in [-0.39, 0.29) is 5.91 Å². The van der Waals surface area contributed by atoms with Gasteiger partial charge in [-0.15, -0.1) is 11.3 Å². The standard InChI is InChI=1S/C15H22N2O2S2/c1-19-11-7-10-21-12(11)13(18)17-15(14(16)20)8-5-3-2-4-6-9-15/h7,10H,2-6,8-9H2,1H3,(H2,16,20)(H,17,18). The number of rotatable bonds is 4. The molecule has 1 aliphatic rings. The second-order valence-electron chi connectivity index (χ2n) is 5.49. The number of nitrogens with two attached hydrogens (primary N) is 1. The van der Waals surface area contributed by atoms with Crippen molar-refractivity contribution in [3.63, 3.8) is 0 Å². The van der Waals surface area contributed by atoms with Crippen molar-refractivity contribution in [1.29, 1.82) is 0 Å². The van der Waals surface area contributed by atoms with Crippen molar-refractivity contribution < 1.29 is 9.53 Å². The summed E-state index contributed by atoms with van der Waals surface area (Å²) in [5, 5.41) is 4.95. The highest BCUT2D eigenvalue weighted by Crippen LogP contribution is 2.30. The van der Waals surface area contributed by atoms with Gasteiger partial charge in [-0.1, -0.05) is 44.3 Å². The van der Waals surface area contributed by atoms with Gasteiger partial charge in [-0.25, -0.2) is 0 Å². The van der Waals surface area contributed by atoms with Crippen LogP contribution in [0.2, 0.25) is 0 Å². The van der Waals surface area contributed by atoms with Crippen LogP contribution in [0.1, 0.15) is 54.6 Å². The van der Waals surface area contributed by atoms with E-state index in [0.717, 1.165) is 25.7 Å². The zero-order valence-electron chi connectivity index (χ0n) is 12.3. The molecule has 1 fully saturated rings. The fraction of sp³-hybridized carbons (Fsp3) is 0.600. The summed E-state index contributed by atoms with van der Waals surface area (Å²) >= 11 is 6.65. The number of nitrogens with one attached hydrogen (secondary N) is 1. The first-order chi connectivity index (χ1) is 10.1. The van der Waals surface area contributed by atoms with Crippen molar-refractivity contribution in [3.8, 4) is 5.75 Å². The maximum Gasteiger partial charge on any atom is 0.265 e. The number of hydrogen-bond donors (Lipinski definition) is 2. The molecule has 1 aromatic rings.